The highest BCUT2D eigenvalue weighted by atomic mass is 19.1. The van der Waals surface area contributed by atoms with Crippen LogP contribution in [0.5, 0.6) is 0 Å². The van der Waals surface area contributed by atoms with Crippen molar-refractivity contribution < 1.29 is 13.5 Å². The molecule has 120 valence electrons. The van der Waals surface area contributed by atoms with Gasteiger partial charge in [0.25, 0.3) is 0 Å². The first-order valence-corrected chi connectivity index (χ1v) is 7.35. The van der Waals surface area contributed by atoms with E-state index in [2.05, 4.69) is 10.2 Å². The third kappa shape index (κ3) is 6.98. The second kappa shape index (κ2) is 9.07. The molecule has 0 amide bonds. The van der Waals surface area contributed by atoms with Gasteiger partial charge in [-0.3, -0.25) is 0 Å². The van der Waals surface area contributed by atoms with E-state index in [4.69, 9.17) is 4.74 Å². The average molecular weight is 300 g/mol. The average Bonchev–Trinajstić information content (AvgIpc) is 2.37. The number of halogens is 2. The summed E-state index contributed by atoms with van der Waals surface area (Å²) in [7, 11) is 3.82. The van der Waals surface area contributed by atoms with Crippen molar-refractivity contribution in [1.82, 2.24) is 10.2 Å². The third-order valence-electron chi connectivity index (χ3n) is 3.36. The maximum Gasteiger partial charge on any atom is 0.126 e. The van der Waals surface area contributed by atoms with Crippen molar-refractivity contribution >= 4 is 0 Å². The molecule has 1 atom stereocenters. The summed E-state index contributed by atoms with van der Waals surface area (Å²) in [5, 5.41) is 3.11. The number of hydrogen-bond acceptors (Lipinski definition) is 3. The van der Waals surface area contributed by atoms with Crippen LogP contribution < -0.4 is 5.32 Å². The first kappa shape index (κ1) is 18.0. The van der Waals surface area contributed by atoms with E-state index in [1.165, 1.54) is 12.1 Å². The number of benzene rings is 1. The van der Waals surface area contributed by atoms with E-state index in [-0.39, 0.29) is 12.1 Å². The number of likely N-dealkylation sites (N-methyl/N-ethyl adjacent to an activating group) is 1. The van der Waals surface area contributed by atoms with E-state index in [9.17, 15) is 8.78 Å². The fraction of sp³-hybridized carbons (Fsp3) is 0.625. The molecule has 21 heavy (non-hydrogen) atoms. The predicted molar refractivity (Wildman–Crippen MR) is 81.4 cm³/mol. The molecule has 0 aromatic heterocycles. The first-order valence-electron chi connectivity index (χ1n) is 7.35. The van der Waals surface area contributed by atoms with Crippen LogP contribution in [0.15, 0.2) is 18.2 Å². The zero-order chi connectivity index (χ0) is 15.8. The lowest BCUT2D eigenvalue weighted by atomic mass is 10.0. The number of nitrogens with zero attached hydrogens (tertiary/aromatic N) is 1. The van der Waals surface area contributed by atoms with Gasteiger partial charge in [-0.05, 0) is 58.6 Å². The van der Waals surface area contributed by atoms with Crippen LogP contribution in [-0.2, 0) is 4.74 Å². The Hall–Kier alpha value is -1.04. The van der Waals surface area contributed by atoms with Gasteiger partial charge < -0.3 is 15.0 Å². The highest BCUT2D eigenvalue weighted by Crippen LogP contribution is 2.19. The van der Waals surface area contributed by atoms with Crippen molar-refractivity contribution in [2.45, 2.75) is 32.4 Å². The minimum atomic E-state index is -0.538. The van der Waals surface area contributed by atoms with Crippen LogP contribution in [0.25, 0.3) is 0 Å². The van der Waals surface area contributed by atoms with Gasteiger partial charge in [-0.1, -0.05) is 0 Å². The van der Waals surface area contributed by atoms with Gasteiger partial charge in [-0.25, -0.2) is 8.78 Å². The Morgan fingerprint density at radius 3 is 2.29 bits per heavy atom. The van der Waals surface area contributed by atoms with Gasteiger partial charge >= 0.3 is 0 Å². The summed E-state index contributed by atoms with van der Waals surface area (Å²) < 4.78 is 32.0. The SMILES string of the molecule is CNC(CCN(C)CCOC(C)C)c1cc(F)cc(F)c1. The molecule has 0 aliphatic rings. The number of rotatable bonds is 9. The summed E-state index contributed by atoms with van der Waals surface area (Å²) in [6, 6.07) is 3.59. The summed E-state index contributed by atoms with van der Waals surface area (Å²) in [6.45, 7) is 6.37. The lowest BCUT2D eigenvalue weighted by Gasteiger charge is -2.22. The van der Waals surface area contributed by atoms with Crippen LogP contribution in [0.2, 0.25) is 0 Å². The van der Waals surface area contributed by atoms with Crippen molar-refractivity contribution in [2.75, 3.05) is 33.8 Å². The highest BCUT2D eigenvalue weighted by molar-refractivity contribution is 5.21. The van der Waals surface area contributed by atoms with Gasteiger partial charge in [0.2, 0.25) is 0 Å². The Labute approximate surface area is 126 Å². The van der Waals surface area contributed by atoms with Gasteiger partial charge in [0.1, 0.15) is 11.6 Å². The normalized spacial score (nSPS) is 13.1. The molecule has 0 bridgehead atoms. The Kier molecular flexibility index (Phi) is 7.78. The van der Waals surface area contributed by atoms with Crippen LogP contribution in [0.3, 0.4) is 0 Å². The second-order valence-corrected chi connectivity index (χ2v) is 5.56. The van der Waals surface area contributed by atoms with Crippen molar-refractivity contribution in [3.05, 3.63) is 35.4 Å². The lowest BCUT2D eigenvalue weighted by Crippen LogP contribution is -2.28. The Bertz CT molecular complexity index is 406. The molecule has 1 aromatic rings. The van der Waals surface area contributed by atoms with Crippen LogP contribution in [0, 0.1) is 11.6 Å². The van der Waals surface area contributed by atoms with Gasteiger partial charge in [0, 0.05) is 18.7 Å². The van der Waals surface area contributed by atoms with E-state index in [1.807, 2.05) is 20.9 Å². The number of hydrogen-bond donors (Lipinski definition) is 1. The molecule has 0 fully saturated rings. The number of nitrogens with one attached hydrogen (secondary N) is 1. The van der Waals surface area contributed by atoms with E-state index in [1.54, 1.807) is 7.05 Å². The molecule has 3 nitrogen and oxygen atoms in total. The molecule has 0 saturated carbocycles. The van der Waals surface area contributed by atoms with Crippen molar-refractivity contribution in [3.8, 4) is 0 Å². The molecule has 1 N–H and O–H groups in total. The Morgan fingerprint density at radius 2 is 1.76 bits per heavy atom. The molecular weight excluding hydrogens is 274 g/mol. The fourth-order valence-corrected chi connectivity index (χ4v) is 2.16. The molecule has 0 heterocycles. The maximum absolute atomic E-state index is 13.3. The monoisotopic (exact) mass is 300 g/mol. The smallest absolute Gasteiger partial charge is 0.126 e. The largest absolute Gasteiger partial charge is 0.377 e. The standard InChI is InChI=1S/C16H26F2N2O/c1-12(2)21-8-7-20(4)6-5-16(19-3)13-9-14(17)11-15(18)10-13/h9-12,16,19H,5-8H2,1-4H3. The maximum atomic E-state index is 13.3. The zero-order valence-corrected chi connectivity index (χ0v) is 13.3. The van der Waals surface area contributed by atoms with E-state index >= 15 is 0 Å². The molecule has 5 heteroatoms. The van der Waals surface area contributed by atoms with E-state index in [0.717, 1.165) is 25.6 Å². The van der Waals surface area contributed by atoms with E-state index in [0.29, 0.717) is 12.2 Å². The molecule has 1 unspecified atom stereocenters. The van der Waals surface area contributed by atoms with Gasteiger partial charge in [-0.2, -0.15) is 0 Å². The predicted octanol–water partition coefficient (Wildman–Crippen LogP) is 2.97. The summed E-state index contributed by atoms with van der Waals surface area (Å²) in [5.41, 5.74) is 0.641. The van der Waals surface area contributed by atoms with Gasteiger partial charge in [0.15, 0.2) is 0 Å². The third-order valence-corrected chi connectivity index (χ3v) is 3.36. The van der Waals surface area contributed by atoms with Gasteiger partial charge in [-0.15, -0.1) is 0 Å². The molecule has 0 aliphatic heterocycles. The summed E-state index contributed by atoms with van der Waals surface area (Å²) in [4.78, 5) is 2.16. The lowest BCUT2D eigenvalue weighted by molar-refractivity contribution is 0.0633. The molecule has 1 aromatic carbocycles. The minimum Gasteiger partial charge on any atom is -0.377 e. The summed E-state index contributed by atoms with van der Waals surface area (Å²) in [6.07, 6.45) is 1.01. The van der Waals surface area contributed by atoms with Crippen molar-refractivity contribution in [1.29, 1.82) is 0 Å². The van der Waals surface area contributed by atoms with Crippen molar-refractivity contribution in [2.24, 2.45) is 0 Å². The highest BCUT2D eigenvalue weighted by Gasteiger charge is 2.13. The zero-order valence-electron chi connectivity index (χ0n) is 13.3. The molecule has 1 rings (SSSR count). The molecule has 0 radical (unpaired) electrons. The summed E-state index contributed by atoms with van der Waals surface area (Å²) >= 11 is 0. The Morgan fingerprint density at radius 1 is 1.14 bits per heavy atom. The van der Waals surface area contributed by atoms with Gasteiger partial charge in [0.05, 0.1) is 12.7 Å². The molecular formula is C16H26F2N2O. The minimum absolute atomic E-state index is 0.0660. The van der Waals surface area contributed by atoms with E-state index < -0.39 is 11.6 Å². The molecule has 0 aliphatic carbocycles. The molecule has 0 saturated heterocycles. The second-order valence-electron chi connectivity index (χ2n) is 5.56. The van der Waals surface area contributed by atoms with Crippen molar-refractivity contribution in [3.63, 3.8) is 0 Å². The van der Waals surface area contributed by atoms with Crippen LogP contribution >= 0.6 is 0 Å². The quantitative estimate of drug-likeness (QED) is 0.759. The Balaban J connectivity index is 2.47. The summed E-state index contributed by atoms with van der Waals surface area (Å²) in [5.74, 6) is -1.08. The number of ether oxygens (including phenoxy) is 1. The van der Waals surface area contributed by atoms with Crippen LogP contribution in [0.4, 0.5) is 8.78 Å². The topological polar surface area (TPSA) is 24.5 Å². The molecule has 0 spiro atoms. The van der Waals surface area contributed by atoms with Crippen LogP contribution in [0.1, 0.15) is 31.9 Å². The first-order chi connectivity index (χ1) is 9.92. The van der Waals surface area contributed by atoms with Crippen LogP contribution in [-0.4, -0.2) is 44.8 Å². The fourth-order valence-electron chi connectivity index (χ4n) is 2.16.